The molecule has 188 valence electrons. The van der Waals surface area contributed by atoms with E-state index in [9.17, 15) is 9.59 Å². The Bertz CT molecular complexity index is 1150. The fraction of sp³-hybridized carbons (Fsp3) is 0.414. The summed E-state index contributed by atoms with van der Waals surface area (Å²) in [5, 5.41) is 13.2. The number of amides is 2. The number of nitrogens with zero attached hydrogens (tertiary/aromatic N) is 2. The topological polar surface area (TPSA) is 76.0 Å². The molecule has 1 aromatic carbocycles. The molecule has 0 unspecified atom stereocenters. The van der Waals surface area contributed by atoms with Gasteiger partial charge in [0.1, 0.15) is 11.3 Å². The number of aromatic nitrogens is 2. The van der Waals surface area contributed by atoms with Gasteiger partial charge in [-0.05, 0) is 55.3 Å². The summed E-state index contributed by atoms with van der Waals surface area (Å²) in [6, 6.07) is 14.1. The molecule has 6 nitrogen and oxygen atoms in total. The summed E-state index contributed by atoms with van der Waals surface area (Å²) in [6.07, 6.45) is 14.4. The molecule has 2 heterocycles. The van der Waals surface area contributed by atoms with Crippen LogP contribution in [-0.2, 0) is 9.59 Å². The van der Waals surface area contributed by atoms with E-state index in [0.29, 0.717) is 0 Å². The summed E-state index contributed by atoms with van der Waals surface area (Å²) in [5.41, 5.74) is 2.61. The number of nitrogens with one attached hydrogen (secondary N) is 2. The molecule has 2 amide bonds. The molecular formula is C29H34N4O2S. The maximum absolute atomic E-state index is 13.5. The molecule has 0 saturated heterocycles. The molecule has 0 bridgehead atoms. The van der Waals surface area contributed by atoms with Gasteiger partial charge in [-0.15, -0.1) is 11.3 Å². The van der Waals surface area contributed by atoms with Gasteiger partial charge in [-0.1, -0.05) is 62.8 Å². The normalized spacial score (nSPS) is 16.9. The van der Waals surface area contributed by atoms with Crippen molar-refractivity contribution in [1.82, 2.24) is 20.4 Å². The van der Waals surface area contributed by atoms with Gasteiger partial charge in [0.15, 0.2) is 0 Å². The van der Waals surface area contributed by atoms with Crippen LogP contribution < -0.4 is 10.6 Å². The van der Waals surface area contributed by atoms with Crippen molar-refractivity contribution in [3.63, 3.8) is 0 Å². The second-order valence-electron chi connectivity index (χ2n) is 9.87. The summed E-state index contributed by atoms with van der Waals surface area (Å²) >= 11 is 1.59. The first-order valence-corrected chi connectivity index (χ1v) is 14.1. The zero-order chi connectivity index (χ0) is 24.7. The van der Waals surface area contributed by atoms with E-state index in [-0.39, 0.29) is 29.5 Å². The van der Waals surface area contributed by atoms with Gasteiger partial charge >= 0.3 is 0 Å². The smallest absolute Gasteiger partial charge is 0.257 e. The van der Waals surface area contributed by atoms with Crippen LogP contribution in [0, 0.1) is 0 Å². The maximum Gasteiger partial charge on any atom is 0.257 e. The van der Waals surface area contributed by atoms with Crippen LogP contribution in [0.4, 0.5) is 0 Å². The quantitative estimate of drug-likeness (QED) is 0.241. The van der Waals surface area contributed by atoms with Crippen LogP contribution in [0.1, 0.15) is 69.8 Å². The molecule has 5 rings (SSSR count). The van der Waals surface area contributed by atoms with Crippen molar-refractivity contribution in [3.8, 4) is 16.3 Å². The first-order valence-electron chi connectivity index (χ1n) is 13.2. The van der Waals surface area contributed by atoms with Crippen molar-refractivity contribution < 1.29 is 9.59 Å². The van der Waals surface area contributed by atoms with Gasteiger partial charge in [0.2, 0.25) is 0 Å². The molecule has 0 atom stereocenters. The Kier molecular flexibility index (Phi) is 7.96. The molecule has 2 N–H and O–H groups in total. The third kappa shape index (κ3) is 5.95. The number of benzene rings is 1. The van der Waals surface area contributed by atoms with E-state index in [4.69, 9.17) is 5.10 Å². The van der Waals surface area contributed by atoms with E-state index in [2.05, 4.69) is 10.6 Å². The highest BCUT2D eigenvalue weighted by Gasteiger charge is 2.26. The number of carbonyl (C=O) groups excluding carboxylic acids is 2. The highest BCUT2D eigenvalue weighted by atomic mass is 32.1. The summed E-state index contributed by atoms with van der Waals surface area (Å²) in [4.78, 5) is 28.0. The third-order valence-electron chi connectivity index (χ3n) is 7.19. The molecular weight excluding hydrogens is 468 g/mol. The van der Waals surface area contributed by atoms with Crippen molar-refractivity contribution in [2.75, 3.05) is 0 Å². The summed E-state index contributed by atoms with van der Waals surface area (Å²) < 4.78 is 1.82. The van der Waals surface area contributed by atoms with Crippen molar-refractivity contribution in [2.24, 2.45) is 0 Å². The van der Waals surface area contributed by atoms with Gasteiger partial charge in [-0.3, -0.25) is 9.59 Å². The SMILES string of the molecule is O=C(NC1CCCCC1)C(=Cc1cn(-c2ccccc2)nc1-c1cccs1)C(=O)NC1CCCCC1. The molecule has 3 aromatic rings. The highest BCUT2D eigenvalue weighted by Crippen LogP contribution is 2.30. The van der Waals surface area contributed by atoms with Crippen molar-refractivity contribution in [2.45, 2.75) is 76.3 Å². The number of para-hydroxylation sites is 1. The molecule has 0 radical (unpaired) electrons. The van der Waals surface area contributed by atoms with Gasteiger partial charge in [-0.2, -0.15) is 5.10 Å². The van der Waals surface area contributed by atoms with Crippen LogP contribution in [0.5, 0.6) is 0 Å². The molecule has 0 spiro atoms. The van der Waals surface area contributed by atoms with Crippen LogP contribution in [0.3, 0.4) is 0 Å². The second kappa shape index (κ2) is 11.7. The first kappa shape index (κ1) is 24.5. The second-order valence-corrected chi connectivity index (χ2v) is 10.8. The first-order chi connectivity index (χ1) is 17.7. The largest absolute Gasteiger partial charge is 0.349 e. The number of thiophene rings is 1. The minimum Gasteiger partial charge on any atom is -0.349 e. The van der Waals surface area contributed by atoms with Gasteiger partial charge in [0.05, 0.1) is 10.6 Å². The Balaban J connectivity index is 1.50. The molecule has 2 aromatic heterocycles. The zero-order valence-corrected chi connectivity index (χ0v) is 21.4. The molecule has 2 aliphatic rings. The molecule has 36 heavy (non-hydrogen) atoms. The predicted octanol–water partition coefficient (Wildman–Crippen LogP) is 5.88. The van der Waals surface area contributed by atoms with E-state index in [0.717, 1.165) is 73.2 Å². The fourth-order valence-corrected chi connectivity index (χ4v) is 5.95. The van der Waals surface area contributed by atoms with E-state index in [1.807, 2.05) is 58.7 Å². The van der Waals surface area contributed by atoms with Crippen LogP contribution in [0.15, 0.2) is 59.6 Å². The number of rotatable bonds is 7. The maximum atomic E-state index is 13.5. The molecule has 2 fully saturated rings. The lowest BCUT2D eigenvalue weighted by molar-refractivity contribution is -0.124. The third-order valence-corrected chi connectivity index (χ3v) is 8.06. The minimum atomic E-state index is -0.292. The van der Waals surface area contributed by atoms with Crippen LogP contribution in [0.25, 0.3) is 22.3 Å². The predicted molar refractivity (Wildman–Crippen MR) is 145 cm³/mol. The monoisotopic (exact) mass is 502 g/mol. The highest BCUT2D eigenvalue weighted by molar-refractivity contribution is 7.13. The van der Waals surface area contributed by atoms with Crippen molar-refractivity contribution >= 4 is 29.2 Å². The summed E-state index contributed by atoms with van der Waals surface area (Å²) in [5.74, 6) is -0.584. The zero-order valence-electron chi connectivity index (χ0n) is 20.6. The fourth-order valence-electron chi connectivity index (χ4n) is 5.22. The molecule has 2 saturated carbocycles. The van der Waals surface area contributed by atoms with Crippen molar-refractivity contribution in [3.05, 3.63) is 65.2 Å². The minimum absolute atomic E-state index is 0.126. The van der Waals surface area contributed by atoms with Crippen LogP contribution in [0.2, 0.25) is 0 Å². The Morgan fingerprint density at radius 2 is 1.44 bits per heavy atom. The van der Waals surface area contributed by atoms with E-state index >= 15 is 0 Å². The van der Waals surface area contributed by atoms with Crippen molar-refractivity contribution in [1.29, 1.82) is 0 Å². The summed E-state index contributed by atoms with van der Waals surface area (Å²) in [7, 11) is 0. The van der Waals surface area contributed by atoms with Gasteiger partial charge in [-0.25, -0.2) is 4.68 Å². The van der Waals surface area contributed by atoms with E-state index in [1.54, 1.807) is 17.4 Å². The van der Waals surface area contributed by atoms with Crippen LogP contribution in [-0.4, -0.2) is 33.7 Å². The standard InChI is InChI=1S/C29H34N4O2S/c34-28(30-22-11-4-1-5-12-22)25(29(35)31-23-13-6-2-7-14-23)19-21-20-33(24-15-8-3-9-16-24)32-27(21)26-17-10-18-36-26/h3,8-10,15-20,22-23H,1-2,4-7,11-14H2,(H,30,34)(H,31,35). The Labute approximate surface area is 216 Å². The number of hydrogen-bond donors (Lipinski definition) is 2. The average molecular weight is 503 g/mol. The van der Waals surface area contributed by atoms with E-state index < -0.39 is 0 Å². The van der Waals surface area contributed by atoms with Crippen LogP contribution >= 0.6 is 11.3 Å². The molecule has 2 aliphatic carbocycles. The number of carbonyl (C=O) groups is 2. The average Bonchev–Trinajstić information content (AvgIpc) is 3.59. The summed E-state index contributed by atoms with van der Waals surface area (Å²) in [6.45, 7) is 0. The lowest BCUT2D eigenvalue weighted by Gasteiger charge is -2.25. The van der Waals surface area contributed by atoms with Gasteiger partial charge < -0.3 is 10.6 Å². The van der Waals surface area contributed by atoms with E-state index in [1.165, 1.54) is 12.8 Å². The van der Waals surface area contributed by atoms with Gasteiger partial charge in [0.25, 0.3) is 11.8 Å². The van der Waals surface area contributed by atoms with Gasteiger partial charge in [0, 0.05) is 23.8 Å². The Morgan fingerprint density at radius 1 is 0.833 bits per heavy atom. The molecule has 0 aliphatic heterocycles. The number of hydrogen-bond acceptors (Lipinski definition) is 4. The lowest BCUT2D eigenvalue weighted by Crippen LogP contribution is -2.43. The Morgan fingerprint density at radius 3 is 2.00 bits per heavy atom. The lowest BCUT2D eigenvalue weighted by atomic mass is 9.94. The molecule has 7 heteroatoms. The Hall–Kier alpha value is -3.19.